The Morgan fingerprint density at radius 2 is 1.40 bits per heavy atom. The number of nitrogens with one attached hydrogen (secondary N) is 3. The van der Waals surface area contributed by atoms with Gasteiger partial charge in [-0.05, 0) is 54.5 Å². The Bertz CT molecular complexity index is 1910. The second-order valence-corrected chi connectivity index (χ2v) is 13.3. The number of aromatic nitrogens is 2. The highest BCUT2D eigenvalue weighted by Crippen LogP contribution is 2.30. The lowest BCUT2D eigenvalue weighted by atomic mass is 10.1. The summed E-state index contributed by atoms with van der Waals surface area (Å²) in [5, 5.41) is 7.85. The zero-order valence-corrected chi connectivity index (χ0v) is 30.3. The molecular weight excluding hydrogens is 695 g/mol. The van der Waals surface area contributed by atoms with E-state index in [1.807, 2.05) is 100 Å². The number of ether oxygens (including phenoxy) is 1. The van der Waals surface area contributed by atoms with E-state index in [1.54, 1.807) is 11.1 Å². The Balaban J connectivity index is 0.000000155. The maximum absolute atomic E-state index is 12.4. The fourth-order valence-corrected chi connectivity index (χ4v) is 6.80. The van der Waals surface area contributed by atoms with Crippen LogP contribution in [0.25, 0.3) is 15.4 Å². The van der Waals surface area contributed by atoms with Crippen LogP contribution in [0.5, 0.6) is 0 Å². The first-order chi connectivity index (χ1) is 25.8. The number of thiazole rings is 1. The maximum Gasteiger partial charge on any atom is 0.410 e. The molecule has 53 heavy (non-hydrogen) atoms. The highest BCUT2D eigenvalue weighted by Gasteiger charge is 2.28. The number of anilines is 2. The van der Waals surface area contributed by atoms with Crippen molar-refractivity contribution >= 4 is 58.5 Å². The zero-order chi connectivity index (χ0) is 37.4. The summed E-state index contributed by atoms with van der Waals surface area (Å²) in [4.78, 5) is 65.6. The molecule has 276 valence electrons. The quantitative estimate of drug-likeness (QED) is 0.146. The molecule has 2 aliphatic rings. The highest BCUT2D eigenvalue weighted by atomic mass is 32.1. The molecule has 0 spiro atoms. The van der Waals surface area contributed by atoms with E-state index in [2.05, 4.69) is 20.9 Å². The van der Waals surface area contributed by atoms with Crippen LogP contribution in [-0.2, 0) is 30.5 Å². The van der Waals surface area contributed by atoms with E-state index in [4.69, 9.17) is 4.74 Å². The van der Waals surface area contributed by atoms with Crippen LogP contribution >= 0.6 is 11.3 Å². The third kappa shape index (κ3) is 11.2. The maximum atomic E-state index is 12.4. The molecule has 0 radical (unpaired) electrons. The highest BCUT2D eigenvalue weighted by molar-refractivity contribution is 7.20. The predicted molar refractivity (Wildman–Crippen MR) is 204 cm³/mol. The molecule has 1 unspecified atom stereocenters. The molecule has 2 aromatic heterocycles. The fraction of sp³-hybridized carbons (Fsp3) is 0.282. The minimum atomic E-state index is -0.554. The van der Waals surface area contributed by atoms with E-state index in [0.717, 1.165) is 84.1 Å². The third-order valence-electron chi connectivity index (χ3n) is 8.47. The summed E-state index contributed by atoms with van der Waals surface area (Å²) in [6, 6.07) is 26.1. The van der Waals surface area contributed by atoms with E-state index < -0.39 is 6.04 Å². The van der Waals surface area contributed by atoms with Gasteiger partial charge >= 0.3 is 6.09 Å². The van der Waals surface area contributed by atoms with Gasteiger partial charge in [-0.15, -0.1) is 0 Å². The van der Waals surface area contributed by atoms with Gasteiger partial charge in [-0.25, -0.2) is 9.78 Å². The lowest BCUT2D eigenvalue weighted by molar-refractivity contribution is -0.135. The van der Waals surface area contributed by atoms with Crippen molar-refractivity contribution in [2.45, 2.75) is 45.3 Å². The number of amides is 5. The molecule has 2 fully saturated rings. The number of benzene rings is 3. The fourth-order valence-electron chi connectivity index (χ4n) is 5.82. The largest absolute Gasteiger partial charge is 0.445 e. The van der Waals surface area contributed by atoms with Gasteiger partial charge in [0.05, 0.1) is 11.1 Å². The molecule has 5 aromatic rings. The molecule has 4 heterocycles. The number of imidazole rings is 1. The molecule has 3 N–H and O–H groups in total. The first-order valence-corrected chi connectivity index (χ1v) is 18.2. The first-order valence-electron chi connectivity index (χ1n) is 17.4. The number of fused-ring (bicyclic) bond motifs is 1. The first kappa shape index (κ1) is 38.2. The zero-order valence-electron chi connectivity index (χ0n) is 29.5. The normalized spacial score (nSPS) is 13.8. The summed E-state index contributed by atoms with van der Waals surface area (Å²) in [5.74, 6) is 0.341. The van der Waals surface area contributed by atoms with Crippen molar-refractivity contribution in [2.75, 3.05) is 36.8 Å². The molecule has 0 aliphatic carbocycles. The van der Waals surface area contributed by atoms with Crippen LogP contribution in [0.3, 0.4) is 0 Å². The summed E-state index contributed by atoms with van der Waals surface area (Å²) in [5.41, 5.74) is 3.67. The van der Waals surface area contributed by atoms with Crippen molar-refractivity contribution < 1.29 is 28.7 Å². The van der Waals surface area contributed by atoms with Crippen LogP contribution in [0, 0.1) is 0 Å². The second-order valence-electron chi connectivity index (χ2n) is 12.3. The van der Waals surface area contributed by atoms with E-state index in [-0.39, 0.29) is 17.9 Å². The Hall–Kier alpha value is -6.02. The van der Waals surface area contributed by atoms with E-state index in [9.17, 15) is 24.0 Å². The average Bonchev–Trinajstić information content (AvgIpc) is 4.01. The topological polar surface area (TPSA) is 154 Å². The summed E-state index contributed by atoms with van der Waals surface area (Å²) in [7, 11) is 0. The molecule has 5 amide bonds. The van der Waals surface area contributed by atoms with Crippen molar-refractivity contribution in [3.63, 3.8) is 0 Å². The number of carbonyl (C=O) groups excluding carboxylic acids is 5. The molecule has 2 saturated heterocycles. The monoisotopic (exact) mass is 737 g/mol. The number of hydrogen-bond acceptors (Lipinski definition) is 8. The molecule has 13 nitrogen and oxygen atoms in total. The van der Waals surface area contributed by atoms with Crippen LogP contribution in [-0.4, -0.2) is 76.1 Å². The van der Waals surface area contributed by atoms with Gasteiger partial charge < -0.3 is 30.5 Å². The van der Waals surface area contributed by atoms with Gasteiger partial charge in [0.15, 0.2) is 10.8 Å². The molecule has 2 aliphatic heterocycles. The number of carbonyl (C=O) groups is 5. The summed E-state index contributed by atoms with van der Waals surface area (Å²) < 4.78 is 7.06. The summed E-state index contributed by atoms with van der Waals surface area (Å²) in [6.07, 6.45) is 9.07. The minimum absolute atomic E-state index is 0.00565. The number of likely N-dealkylation sites (tertiary alicyclic amines) is 2. The molecule has 3 aromatic carbocycles. The van der Waals surface area contributed by atoms with E-state index in [0.29, 0.717) is 25.2 Å². The Kier molecular flexibility index (Phi) is 14.1. The van der Waals surface area contributed by atoms with Crippen molar-refractivity contribution in [2.24, 2.45) is 0 Å². The van der Waals surface area contributed by atoms with Gasteiger partial charge in [0, 0.05) is 45.0 Å². The SMILES string of the molecule is CC(=O)NC(C(=O)N1CCCC1)c1ccccc1.O=C(OCc1ccccc1)N1CCCC1.O=CNc1ccc(-c2cn3cc(NC=O)nc3s2)cc1. The average molecular weight is 738 g/mol. The lowest BCUT2D eigenvalue weighted by Crippen LogP contribution is -2.41. The Morgan fingerprint density at radius 3 is 1.98 bits per heavy atom. The summed E-state index contributed by atoms with van der Waals surface area (Å²) in [6.45, 7) is 5.08. The molecule has 0 saturated carbocycles. The van der Waals surface area contributed by atoms with Gasteiger partial charge in [-0.2, -0.15) is 0 Å². The van der Waals surface area contributed by atoms with E-state index in [1.165, 1.54) is 18.3 Å². The minimum Gasteiger partial charge on any atom is -0.445 e. The molecule has 14 heteroatoms. The van der Waals surface area contributed by atoms with E-state index >= 15 is 0 Å². The molecule has 0 bridgehead atoms. The van der Waals surface area contributed by atoms with Crippen LogP contribution < -0.4 is 16.0 Å². The number of rotatable bonds is 10. The van der Waals surface area contributed by atoms with Crippen molar-refractivity contribution in [1.82, 2.24) is 24.5 Å². The molecule has 7 rings (SSSR count). The molecule has 1 atom stereocenters. The van der Waals surface area contributed by atoms with Gasteiger partial charge in [0.25, 0.3) is 0 Å². The number of hydrogen-bond donors (Lipinski definition) is 3. The Morgan fingerprint density at radius 1 is 0.792 bits per heavy atom. The van der Waals surface area contributed by atoms with Gasteiger partial charge in [0.2, 0.25) is 24.6 Å². The Labute approximate surface area is 312 Å². The van der Waals surface area contributed by atoms with Gasteiger partial charge in [-0.3, -0.25) is 23.6 Å². The number of nitrogens with zero attached hydrogens (tertiary/aromatic N) is 4. The van der Waals surface area contributed by atoms with Crippen molar-refractivity contribution in [3.8, 4) is 10.4 Å². The predicted octanol–water partition coefficient (Wildman–Crippen LogP) is 6.10. The van der Waals surface area contributed by atoms with Gasteiger partial charge in [-0.1, -0.05) is 84.1 Å². The second kappa shape index (κ2) is 19.6. The van der Waals surface area contributed by atoms with Crippen LogP contribution in [0.4, 0.5) is 16.3 Å². The smallest absolute Gasteiger partial charge is 0.410 e. The third-order valence-corrected chi connectivity index (χ3v) is 9.52. The lowest BCUT2D eigenvalue weighted by Gasteiger charge is -2.23. The molecular formula is C39H43N7O6S. The van der Waals surface area contributed by atoms with Crippen LogP contribution in [0.15, 0.2) is 97.3 Å². The van der Waals surface area contributed by atoms with Crippen molar-refractivity contribution in [3.05, 3.63) is 108 Å². The standard InChI is InChI=1S/C14H18N2O2.C13H10N4O2S.C12H15NO2/c1-11(17)15-13(12-7-3-2-4-8-12)14(18)16-9-5-6-10-16;18-7-14-10-3-1-9(2-4-10)11-5-17-6-12(15-8-19)16-13(17)20-11;14-12(13-8-4-5-9-13)15-10-11-6-2-1-3-7-11/h2-4,7-8,13H,5-6,9-10H2,1H3,(H,15,17);1-8H,(H,14,18)(H,15,19);1-3,6-7H,4-5,8-10H2. The van der Waals surface area contributed by atoms with Crippen molar-refractivity contribution in [1.29, 1.82) is 0 Å². The van der Waals surface area contributed by atoms with Crippen LogP contribution in [0.1, 0.15) is 49.8 Å². The van der Waals surface area contributed by atoms with Crippen LogP contribution in [0.2, 0.25) is 0 Å². The summed E-state index contributed by atoms with van der Waals surface area (Å²) >= 11 is 1.52. The van der Waals surface area contributed by atoms with Gasteiger partial charge in [0.1, 0.15) is 12.6 Å².